The number of hydrogen-bond donors (Lipinski definition) is 2. The van der Waals surface area contributed by atoms with E-state index in [4.69, 9.17) is 0 Å². The van der Waals surface area contributed by atoms with Crippen molar-refractivity contribution >= 4 is 5.91 Å². The van der Waals surface area contributed by atoms with E-state index >= 15 is 0 Å². The van der Waals surface area contributed by atoms with Crippen LogP contribution in [0.2, 0.25) is 0 Å². The molecule has 4 atom stereocenters. The van der Waals surface area contributed by atoms with E-state index in [0.29, 0.717) is 17.5 Å². The third-order valence-corrected chi connectivity index (χ3v) is 4.86. The summed E-state index contributed by atoms with van der Waals surface area (Å²) in [6.07, 6.45) is -0.462. The zero-order valence-electron chi connectivity index (χ0n) is 12.5. The van der Waals surface area contributed by atoms with Crippen molar-refractivity contribution in [1.29, 1.82) is 0 Å². The summed E-state index contributed by atoms with van der Waals surface area (Å²) in [6, 6.07) is 0.157. The number of hydrogen-bond acceptors (Lipinski definition) is 2. The molecule has 4 unspecified atom stereocenters. The van der Waals surface area contributed by atoms with Gasteiger partial charge in [-0.1, -0.05) is 6.08 Å². The standard InChI is InChI=1S/C15H23F3N2O/c1-3-11(6-7-15(16,17)18)20-14(21)12-9-4-5-10(8-9)13(12)19-2/h3,9-10,12-13,19H,4-8H2,1-2H3,(H,20,21)/b11-3+. The second-order valence-electron chi connectivity index (χ2n) is 6.09. The molecule has 0 aliphatic heterocycles. The Hall–Kier alpha value is -1.04. The van der Waals surface area contributed by atoms with Gasteiger partial charge in [0, 0.05) is 18.2 Å². The van der Waals surface area contributed by atoms with Crippen LogP contribution in [0.3, 0.4) is 0 Å². The second kappa shape index (κ2) is 6.38. The molecule has 2 aliphatic rings. The third-order valence-electron chi connectivity index (χ3n) is 4.86. The zero-order valence-corrected chi connectivity index (χ0v) is 12.5. The van der Waals surface area contributed by atoms with Crippen molar-refractivity contribution in [2.24, 2.45) is 17.8 Å². The predicted molar refractivity (Wildman–Crippen MR) is 74.4 cm³/mol. The Morgan fingerprint density at radius 1 is 1.29 bits per heavy atom. The molecule has 2 fully saturated rings. The van der Waals surface area contributed by atoms with Gasteiger partial charge in [-0.2, -0.15) is 13.2 Å². The van der Waals surface area contributed by atoms with Crippen molar-refractivity contribution in [2.45, 2.75) is 51.2 Å². The molecule has 2 saturated carbocycles. The van der Waals surface area contributed by atoms with Gasteiger partial charge in [0.2, 0.25) is 5.91 Å². The third kappa shape index (κ3) is 3.78. The molecule has 1 amide bonds. The number of carbonyl (C=O) groups is 1. The zero-order chi connectivity index (χ0) is 15.6. The van der Waals surface area contributed by atoms with Crippen LogP contribution in [0.1, 0.15) is 39.0 Å². The molecule has 0 heterocycles. The van der Waals surface area contributed by atoms with Crippen LogP contribution >= 0.6 is 0 Å². The average Bonchev–Trinajstić information content (AvgIpc) is 3.02. The fourth-order valence-corrected chi connectivity index (χ4v) is 3.88. The molecule has 0 spiro atoms. The highest BCUT2D eigenvalue weighted by atomic mass is 19.4. The predicted octanol–water partition coefficient (Wildman–Crippen LogP) is 2.98. The quantitative estimate of drug-likeness (QED) is 0.820. The number of fused-ring (bicyclic) bond motifs is 2. The summed E-state index contributed by atoms with van der Waals surface area (Å²) in [6.45, 7) is 1.66. The smallest absolute Gasteiger partial charge is 0.330 e. The number of nitrogens with one attached hydrogen (secondary N) is 2. The van der Waals surface area contributed by atoms with Crippen LogP contribution in [0.4, 0.5) is 13.2 Å². The SMILES string of the molecule is C/C=C(\CCC(F)(F)F)NC(=O)C1C2CCC(C2)C1NC. The molecular formula is C15H23F3N2O. The number of halogens is 3. The first kappa shape index (κ1) is 16.3. The van der Waals surface area contributed by atoms with Gasteiger partial charge in [0.1, 0.15) is 0 Å². The molecule has 0 saturated heterocycles. The van der Waals surface area contributed by atoms with Crippen molar-refractivity contribution in [3.8, 4) is 0 Å². The Bertz CT molecular complexity index is 420. The van der Waals surface area contributed by atoms with Crippen LogP contribution in [-0.4, -0.2) is 25.2 Å². The Morgan fingerprint density at radius 3 is 2.52 bits per heavy atom. The maximum Gasteiger partial charge on any atom is 0.389 e. The number of allylic oxidation sites excluding steroid dienone is 2. The van der Waals surface area contributed by atoms with Crippen LogP contribution in [0.5, 0.6) is 0 Å². The molecule has 2 rings (SSSR count). The van der Waals surface area contributed by atoms with E-state index < -0.39 is 12.6 Å². The van der Waals surface area contributed by atoms with Gasteiger partial charge in [0.15, 0.2) is 0 Å². The van der Waals surface area contributed by atoms with Gasteiger partial charge in [-0.15, -0.1) is 0 Å². The average molecular weight is 304 g/mol. The van der Waals surface area contributed by atoms with Gasteiger partial charge >= 0.3 is 6.18 Å². The van der Waals surface area contributed by atoms with E-state index in [1.165, 1.54) is 0 Å². The van der Waals surface area contributed by atoms with E-state index in [9.17, 15) is 18.0 Å². The van der Waals surface area contributed by atoms with Gasteiger partial charge < -0.3 is 10.6 Å². The molecule has 0 aromatic heterocycles. The first-order valence-corrected chi connectivity index (χ1v) is 7.55. The lowest BCUT2D eigenvalue weighted by atomic mass is 9.83. The molecule has 0 aromatic rings. The van der Waals surface area contributed by atoms with Crippen LogP contribution in [0, 0.1) is 17.8 Å². The summed E-state index contributed by atoms with van der Waals surface area (Å²) in [4.78, 5) is 12.4. The number of rotatable bonds is 5. The highest BCUT2D eigenvalue weighted by molar-refractivity contribution is 5.82. The molecule has 21 heavy (non-hydrogen) atoms. The maximum absolute atomic E-state index is 12.4. The summed E-state index contributed by atoms with van der Waals surface area (Å²) in [7, 11) is 1.85. The van der Waals surface area contributed by atoms with Gasteiger partial charge in [0.25, 0.3) is 0 Å². The molecule has 0 aromatic carbocycles. The fourth-order valence-electron chi connectivity index (χ4n) is 3.88. The minimum atomic E-state index is -4.20. The number of amides is 1. The Labute approximate surface area is 123 Å². The van der Waals surface area contributed by atoms with Crippen molar-refractivity contribution in [2.75, 3.05) is 7.05 Å². The molecule has 6 heteroatoms. The minimum Gasteiger partial charge on any atom is -0.330 e. The lowest BCUT2D eigenvalue weighted by Crippen LogP contribution is -2.46. The minimum absolute atomic E-state index is 0.116. The Morgan fingerprint density at radius 2 is 1.95 bits per heavy atom. The summed E-state index contributed by atoms with van der Waals surface area (Å²) in [5.41, 5.74) is 0.370. The number of alkyl halides is 3. The Balaban J connectivity index is 1.94. The first-order valence-electron chi connectivity index (χ1n) is 7.55. The van der Waals surface area contributed by atoms with E-state index in [-0.39, 0.29) is 24.3 Å². The fraction of sp³-hybridized carbons (Fsp3) is 0.800. The molecule has 0 radical (unpaired) electrons. The summed E-state index contributed by atoms with van der Waals surface area (Å²) >= 11 is 0. The maximum atomic E-state index is 12.4. The molecular weight excluding hydrogens is 281 g/mol. The summed E-state index contributed by atoms with van der Waals surface area (Å²) in [5.74, 6) is 0.652. The van der Waals surface area contributed by atoms with Crippen molar-refractivity contribution in [3.05, 3.63) is 11.8 Å². The van der Waals surface area contributed by atoms with Crippen molar-refractivity contribution in [3.63, 3.8) is 0 Å². The molecule has 2 N–H and O–H groups in total. The lowest BCUT2D eigenvalue weighted by Gasteiger charge is -2.30. The van der Waals surface area contributed by atoms with Gasteiger partial charge in [-0.25, -0.2) is 0 Å². The van der Waals surface area contributed by atoms with Gasteiger partial charge in [-0.05, 0) is 51.5 Å². The van der Waals surface area contributed by atoms with Gasteiger partial charge in [-0.3, -0.25) is 4.79 Å². The van der Waals surface area contributed by atoms with Crippen LogP contribution in [-0.2, 0) is 4.79 Å². The van der Waals surface area contributed by atoms with Crippen molar-refractivity contribution < 1.29 is 18.0 Å². The van der Waals surface area contributed by atoms with Crippen LogP contribution in [0.15, 0.2) is 11.8 Å². The molecule has 120 valence electrons. The molecule has 2 bridgehead atoms. The largest absolute Gasteiger partial charge is 0.389 e. The van der Waals surface area contributed by atoms with E-state index in [2.05, 4.69) is 10.6 Å². The topological polar surface area (TPSA) is 41.1 Å². The lowest BCUT2D eigenvalue weighted by molar-refractivity contribution is -0.135. The monoisotopic (exact) mass is 304 g/mol. The first-order chi connectivity index (χ1) is 9.85. The summed E-state index contributed by atoms with van der Waals surface area (Å²) in [5, 5.41) is 5.93. The van der Waals surface area contributed by atoms with Crippen LogP contribution < -0.4 is 10.6 Å². The molecule has 2 aliphatic carbocycles. The highest BCUT2D eigenvalue weighted by Gasteiger charge is 2.50. The van der Waals surface area contributed by atoms with E-state index in [1.54, 1.807) is 13.0 Å². The number of carbonyl (C=O) groups excluding carboxylic acids is 1. The van der Waals surface area contributed by atoms with Crippen LogP contribution in [0.25, 0.3) is 0 Å². The van der Waals surface area contributed by atoms with E-state index in [0.717, 1.165) is 19.3 Å². The normalized spacial score (nSPS) is 32.5. The summed E-state index contributed by atoms with van der Waals surface area (Å²) < 4.78 is 36.8. The van der Waals surface area contributed by atoms with Gasteiger partial charge in [0.05, 0.1) is 5.92 Å². The Kier molecular flexibility index (Phi) is 4.96. The molecule has 3 nitrogen and oxygen atoms in total. The highest BCUT2D eigenvalue weighted by Crippen LogP contribution is 2.48. The van der Waals surface area contributed by atoms with Crippen molar-refractivity contribution in [1.82, 2.24) is 10.6 Å². The second-order valence-corrected chi connectivity index (χ2v) is 6.09. The van der Waals surface area contributed by atoms with E-state index in [1.807, 2.05) is 7.05 Å².